The predicted octanol–water partition coefficient (Wildman–Crippen LogP) is 0.991. The number of halogens is 1. The Kier molecular flexibility index (Phi) is 3.40. The van der Waals surface area contributed by atoms with E-state index in [4.69, 9.17) is 15.2 Å². The van der Waals surface area contributed by atoms with Gasteiger partial charge in [0.25, 0.3) is 0 Å². The van der Waals surface area contributed by atoms with Crippen molar-refractivity contribution in [3.63, 3.8) is 0 Å². The van der Waals surface area contributed by atoms with Crippen molar-refractivity contribution in [3.8, 4) is 5.75 Å². The third kappa shape index (κ3) is 2.30. The Bertz CT molecular complexity index is 436. The van der Waals surface area contributed by atoms with E-state index in [-0.39, 0.29) is 24.0 Å². The van der Waals surface area contributed by atoms with Crippen molar-refractivity contribution in [2.45, 2.75) is 6.04 Å². The van der Waals surface area contributed by atoms with Crippen molar-refractivity contribution in [3.05, 3.63) is 29.6 Å². The maximum Gasteiger partial charge on any atom is 0.173 e. The molecule has 1 aromatic rings. The highest BCUT2D eigenvalue weighted by Crippen LogP contribution is 2.25. The number of carbonyl (C=O) groups excluding carboxylic acids is 1. The van der Waals surface area contributed by atoms with Gasteiger partial charge >= 0.3 is 0 Å². The molecule has 17 heavy (non-hydrogen) atoms. The van der Waals surface area contributed by atoms with E-state index in [1.807, 2.05) is 0 Å². The summed E-state index contributed by atoms with van der Waals surface area (Å²) in [4.78, 5) is 12.2. The molecule has 0 aromatic heterocycles. The van der Waals surface area contributed by atoms with Gasteiger partial charge in [-0.1, -0.05) is 0 Å². The maximum absolute atomic E-state index is 13.2. The van der Waals surface area contributed by atoms with E-state index in [0.717, 1.165) is 0 Å². The highest BCUT2D eigenvalue weighted by molar-refractivity contribution is 6.01. The molecule has 4 nitrogen and oxygen atoms in total. The summed E-state index contributed by atoms with van der Waals surface area (Å²) in [6.45, 7) is 0.633. The molecular formula is C12H14FNO3. The molecule has 0 amide bonds. The molecule has 1 aromatic carbocycles. The molecule has 0 bridgehead atoms. The SMILES string of the molecule is COc1ccc(F)cc1C(=O)C1COCC1N. The zero-order valence-corrected chi connectivity index (χ0v) is 9.48. The van der Waals surface area contributed by atoms with Crippen LogP contribution in [0.1, 0.15) is 10.4 Å². The van der Waals surface area contributed by atoms with E-state index >= 15 is 0 Å². The van der Waals surface area contributed by atoms with Crippen molar-refractivity contribution >= 4 is 5.78 Å². The lowest BCUT2D eigenvalue weighted by Crippen LogP contribution is -2.34. The van der Waals surface area contributed by atoms with E-state index in [1.54, 1.807) is 0 Å². The number of benzene rings is 1. The van der Waals surface area contributed by atoms with E-state index in [1.165, 1.54) is 25.3 Å². The summed E-state index contributed by atoms with van der Waals surface area (Å²) < 4.78 is 23.3. The number of ether oxygens (including phenoxy) is 2. The molecule has 0 spiro atoms. The molecular weight excluding hydrogens is 225 g/mol. The van der Waals surface area contributed by atoms with Gasteiger partial charge in [0.15, 0.2) is 5.78 Å². The molecule has 2 unspecified atom stereocenters. The van der Waals surface area contributed by atoms with E-state index in [0.29, 0.717) is 12.4 Å². The number of rotatable bonds is 3. The van der Waals surface area contributed by atoms with Crippen LogP contribution in [0.3, 0.4) is 0 Å². The minimum atomic E-state index is -0.471. The van der Waals surface area contributed by atoms with Crippen LogP contribution < -0.4 is 10.5 Å². The van der Waals surface area contributed by atoms with Gasteiger partial charge in [0.2, 0.25) is 0 Å². The van der Waals surface area contributed by atoms with Gasteiger partial charge in [-0.2, -0.15) is 0 Å². The average molecular weight is 239 g/mol. The first kappa shape index (κ1) is 12.0. The Hall–Kier alpha value is -1.46. The number of nitrogens with two attached hydrogens (primary N) is 1. The van der Waals surface area contributed by atoms with Gasteiger partial charge in [-0.05, 0) is 18.2 Å². The summed E-state index contributed by atoms with van der Waals surface area (Å²) in [6.07, 6.45) is 0. The van der Waals surface area contributed by atoms with Gasteiger partial charge in [0, 0.05) is 6.04 Å². The lowest BCUT2D eigenvalue weighted by Gasteiger charge is -2.14. The van der Waals surface area contributed by atoms with Crippen molar-refractivity contribution in [1.29, 1.82) is 0 Å². The Morgan fingerprint density at radius 2 is 2.29 bits per heavy atom. The number of methoxy groups -OCH3 is 1. The van der Waals surface area contributed by atoms with Crippen LogP contribution in [0, 0.1) is 11.7 Å². The Balaban J connectivity index is 2.32. The smallest absolute Gasteiger partial charge is 0.173 e. The molecule has 1 heterocycles. The maximum atomic E-state index is 13.2. The first-order valence-corrected chi connectivity index (χ1v) is 5.34. The van der Waals surface area contributed by atoms with Gasteiger partial charge in [-0.3, -0.25) is 4.79 Å². The highest BCUT2D eigenvalue weighted by atomic mass is 19.1. The monoisotopic (exact) mass is 239 g/mol. The molecule has 2 N–H and O–H groups in total. The van der Waals surface area contributed by atoms with Crippen LogP contribution in [0.2, 0.25) is 0 Å². The largest absolute Gasteiger partial charge is 0.496 e. The first-order valence-electron chi connectivity index (χ1n) is 5.34. The fraction of sp³-hybridized carbons (Fsp3) is 0.417. The molecule has 1 aliphatic heterocycles. The van der Waals surface area contributed by atoms with Crippen LogP contribution in [0.15, 0.2) is 18.2 Å². The van der Waals surface area contributed by atoms with Gasteiger partial charge in [0.1, 0.15) is 11.6 Å². The fourth-order valence-electron chi connectivity index (χ4n) is 1.91. The van der Waals surface area contributed by atoms with Crippen LogP contribution in [-0.2, 0) is 4.74 Å². The third-order valence-corrected chi connectivity index (χ3v) is 2.89. The van der Waals surface area contributed by atoms with Crippen LogP contribution in [-0.4, -0.2) is 32.1 Å². The number of ketones is 1. The van der Waals surface area contributed by atoms with Crippen LogP contribution in [0.25, 0.3) is 0 Å². The molecule has 1 saturated heterocycles. The summed E-state index contributed by atoms with van der Waals surface area (Å²) in [6, 6.07) is 3.52. The molecule has 92 valence electrons. The molecule has 2 rings (SSSR count). The lowest BCUT2D eigenvalue weighted by atomic mass is 9.93. The number of carbonyl (C=O) groups is 1. The molecule has 5 heteroatoms. The van der Waals surface area contributed by atoms with Gasteiger partial charge < -0.3 is 15.2 Å². The van der Waals surface area contributed by atoms with Crippen molar-refractivity contribution in [2.24, 2.45) is 11.7 Å². The second kappa shape index (κ2) is 4.81. The predicted molar refractivity (Wildman–Crippen MR) is 59.6 cm³/mol. The number of hydrogen-bond donors (Lipinski definition) is 1. The standard InChI is InChI=1S/C12H14FNO3/c1-16-11-3-2-7(13)4-8(11)12(15)9-5-17-6-10(9)14/h2-4,9-10H,5-6,14H2,1H3. The van der Waals surface area contributed by atoms with Crippen molar-refractivity contribution in [2.75, 3.05) is 20.3 Å². The number of Topliss-reactive ketones (excluding diaryl/α,β-unsaturated/α-hetero) is 1. The third-order valence-electron chi connectivity index (χ3n) is 2.89. The zero-order valence-electron chi connectivity index (χ0n) is 9.48. The zero-order chi connectivity index (χ0) is 12.4. The molecule has 0 aliphatic carbocycles. The summed E-state index contributed by atoms with van der Waals surface area (Å²) >= 11 is 0. The van der Waals surface area contributed by atoms with E-state index < -0.39 is 11.7 Å². The lowest BCUT2D eigenvalue weighted by molar-refractivity contribution is 0.0892. The topological polar surface area (TPSA) is 61.5 Å². The first-order chi connectivity index (χ1) is 8.13. The summed E-state index contributed by atoms with van der Waals surface area (Å²) in [7, 11) is 1.44. The minimum Gasteiger partial charge on any atom is -0.496 e. The Morgan fingerprint density at radius 1 is 1.53 bits per heavy atom. The summed E-state index contributed by atoms with van der Waals surface area (Å²) in [5.41, 5.74) is 5.99. The van der Waals surface area contributed by atoms with E-state index in [2.05, 4.69) is 0 Å². The summed E-state index contributed by atoms with van der Waals surface area (Å²) in [5.74, 6) is -0.769. The van der Waals surface area contributed by atoms with Crippen LogP contribution >= 0.6 is 0 Å². The van der Waals surface area contributed by atoms with Gasteiger partial charge in [-0.15, -0.1) is 0 Å². The van der Waals surface area contributed by atoms with Crippen molar-refractivity contribution < 1.29 is 18.7 Å². The van der Waals surface area contributed by atoms with Crippen LogP contribution in [0.4, 0.5) is 4.39 Å². The average Bonchev–Trinajstić information content (AvgIpc) is 2.74. The van der Waals surface area contributed by atoms with E-state index in [9.17, 15) is 9.18 Å². The quantitative estimate of drug-likeness (QED) is 0.799. The molecule has 1 aliphatic rings. The van der Waals surface area contributed by atoms with Crippen molar-refractivity contribution in [1.82, 2.24) is 0 Å². The highest BCUT2D eigenvalue weighted by Gasteiger charge is 2.33. The Morgan fingerprint density at radius 3 is 2.88 bits per heavy atom. The second-order valence-electron chi connectivity index (χ2n) is 4.02. The molecule has 2 atom stereocenters. The second-order valence-corrected chi connectivity index (χ2v) is 4.02. The van der Waals surface area contributed by atoms with Crippen LogP contribution in [0.5, 0.6) is 5.75 Å². The normalized spacial score (nSPS) is 23.7. The number of hydrogen-bond acceptors (Lipinski definition) is 4. The minimum absolute atomic E-state index is 0.221. The molecule has 1 fully saturated rings. The summed E-state index contributed by atoms with van der Waals surface area (Å²) in [5, 5.41) is 0. The molecule has 0 saturated carbocycles. The van der Waals surface area contributed by atoms with Gasteiger partial charge in [0.05, 0.1) is 31.8 Å². The van der Waals surface area contributed by atoms with Gasteiger partial charge in [-0.25, -0.2) is 4.39 Å². The Labute approximate surface area is 98.5 Å². The molecule has 0 radical (unpaired) electrons. The fourth-order valence-corrected chi connectivity index (χ4v) is 1.91.